The lowest BCUT2D eigenvalue weighted by atomic mass is 9.92. The van der Waals surface area contributed by atoms with Gasteiger partial charge < -0.3 is 10.5 Å². The number of carbonyl (C=O) groups excluding carboxylic acids is 1. The van der Waals surface area contributed by atoms with Crippen LogP contribution in [-0.2, 0) is 9.53 Å². The summed E-state index contributed by atoms with van der Waals surface area (Å²) in [4.78, 5) is 11.7. The SMILES string of the molecule is CCOCC(=O)C(C)C(N)c1ccccc1. The predicted molar refractivity (Wildman–Crippen MR) is 64.0 cm³/mol. The molecule has 1 rings (SSSR count). The lowest BCUT2D eigenvalue weighted by Crippen LogP contribution is -2.28. The highest BCUT2D eigenvalue weighted by Gasteiger charge is 2.21. The lowest BCUT2D eigenvalue weighted by molar-refractivity contribution is -0.127. The summed E-state index contributed by atoms with van der Waals surface area (Å²) in [5.74, 6) is -0.160. The standard InChI is InChI=1S/C13H19NO2/c1-3-16-9-12(15)10(2)13(14)11-7-5-4-6-8-11/h4-8,10,13H,3,9,14H2,1-2H3. The molecule has 3 heteroatoms. The number of benzene rings is 1. The van der Waals surface area contributed by atoms with Crippen LogP contribution in [0.15, 0.2) is 30.3 Å². The van der Waals surface area contributed by atoms with Crippen LogP contribution in [0.4, 0.5) is 0 Å². The van der Waals surface area contributed by atoms with Gasteiger partial charge in [0.1, 0.15) is 6.61 Å². The van der Waals surface area contributed by atoms with Crippen LogP contribution in [0.25, 0.3) is 0 Å². The molecule has 0 bridgehead atoms. The molecule has 1 aromatic carbocycles. The van der Waals surface area contributed by atoms with Gasteiger partial charge in [0.05, 0.1) is 0 Å². The molecular weight excluding hydrogens is 202 g/mol. The van der Waals surface area contributed by atoms with Crippen LogP contribution in [-0.4, -0.2) is 19.0 Å². The summed E-state index contributed by atoms with van der Waals surface area (Å²) < 4.78 is 5.10. The first-order valence-corrected chi connectivity index (χ1v) is 5.57. The quantitative estimate of drug-likeness (QED) is 0.798. The van der Waals surface area contributed by atoms with Crippen molar-refractivity contribution >= 4 is 5.78 Å². The first-order chi connectivity index (χ1) is 7.66. The normalized spacial score (nSPS) is 14.4. The molecule has 0 radical (unpaired) electrons. The molecule has 0 aliphatic rings. The molecule has 0 aromatic heterocycles. The Balaban J connectivity index is 2.60. The van der Waals surface area contributed by atoms with E-state index in [2.05, 4.69) is 0 Å². The Morgan fingerprint density at radius 3 is 2.56 bits per heavy atom. The van der Waals surface area contributed by atoms with Crippen molar-refractivity contribution in [1.82, 2.24) is 0 Å². The van der Waals surface area contributed by atoms with Crippen molar-refractivity contribution < 1.29 is 9.53 Å². The van der Waals surface area contributed by atoms with Gasteiger partial charge in [0, 0.05) is 18.6 Å². The van der Waals surface area contributed by atoms with Gasteiger partial charge in [-0.25, -0.2) is 0 Å². The molecule has 16 heavy (non-hydrogen) atoms. The zero-order valence-corrected chi connectivity index (χ0v) is 9.85. The second-order valence-electron chi connectivity index (χ2n) is 3.83. The molecule has 3 nitrogen and oxygen atoms in total. The molecule has 0 amide bonds. The van der Waals surface area contributed by atoms with Crippen molar-refractivity contribution in [2.45, 2.75) is 19.9 Å². The highest BCUT2D eigenvalue weighted by molar-refractivity contribution is 5.82. The fraction of sp³-hybridized carbons (Fsp3) is 0.462. The van der Waals surface area contributed by atoms with Crippen LogP contribution in [0.3, 0.4) is 0 Å². The van der Waals surface area contributed by atoms with E-state index in [9.17, 15) is 4.79 Å². The highest BCUT2D eigenvalue weighted by atomic mass is 16.5. The third-order valence-electron chi connectivity index (χ3n) is 2.68. The van der Waals surface area contributed by atoms with E-state index >= 15 is 0 Å². The van der Waals surface area contributed by atoms with Crippen molar-refractivity contribution in [2.75, 3.05) is 13.2 Å². The van der Waals surface area contributed by atoms with E-state index in [4.69, 9.17) is 10.5 Å². The number of hydrogen-bond acceptors (Lipinski definition) is 3. The number of Topliss-reactive ketones (excluding diaryl/α,β-unsaturated/α-hetero) is 1. The fourth-order valence-electron chi connectivity index (χ4n) is 1.50. The summed E-state index contributed by atoms with van der Waals surface area (Å²) in [7, 11) is 0. The van der Waals surface area contributed by atoms with Crippen LogP contribution in [0.5, 0.6) is 0 Å². The Morgan fingerprint density at radius 1 is 1.38 bits per heavy atom. The zero-order valence-electron chi connectivity index (χ0n) is 9.85. The van der Waals surface area contributed by atoms with E-state index in [0.29, 0.717) is 6.61 Å². The average Bonchev–Trinajstić information content (AvgIpc) is 2.35. The van der Waals surface area contributed by atoms with Crippen molar-refractivity contribution in [1.29, 1.82) is 0 Å². The van der Waals surface area contributed by atoms with Gasteiger partial charge >= 0.3 is 0 Å². The zero-order chi connectivity index (χ0) is 12.0. The van der Waals surface area contributed by atoms with E-state index in [-0.39, 0.29) is 24.3 Å². The van der Waals surface area contributed by atoms with Gasteiger partial charge in [-0.2, -0.15) is 0 Å². The molecule has 0 fully saturated rings. The largest absolute Gasteiger partial charge is 0.374 e. The van der Waals surface area contributed by atoms with Crippen LogP contribution in [0.2, 0.25) is 0 Å². The smallest absolute Gasteiger partial charge is 0.163 e. The fourth-order valence-corrected chi connectivity index (χ4v) is 1.50. The molecule has 0 saturated carbocycles. The molecule has 0 aliphatic carbocycles. The van der Waals surface area contributed by atoms with E-state index in [1.54, 1.807) is 0 Å². The summed E-state index contributed by atoms with van der Waals surface area (Å²) in [6, 6.07) is 9.41. The summed E-state index contributed by atoms with van der Waals surface area (Å²) >= 11 is 0. The maximum absolute atomic E-state index is 11.7. The highest BCUT2D eigenvalue weighted by Crippen LogP contribution is 2.19. The molecule has 2 N–H and O–H groups in total. The number of rotatable bonds is 6. The van der Waals surface area contributed by atoms with E-state index in [1.165, 1.54) is 0 Å². The monoisotopic (exact) mass is 221 g/mol. The minimum absolute atomic E-state index is 0.0539. The van der Waals surface area contributed by atoms with Gasteiger partial charge in [-0.1, -0.05) is 37.3 Å². The van der Waals surface area contributed by atoms with Crippen LogP contribution in [0.1, 0.15) is 25.5 Å². The Kier molecular flexibility index (Phi) is 5.15. The Hall–Kier alpha value is -1.19. The number of ketones is 1. The van der Waals surface area contributed by atoms with Gasteiger partial charge in [0.2, 0.25) is 0 Å². The van der Waals surface area contributed by atoms with Crippen LogP contribution >= 0.6 is 0 Å². The molecule has 1 aromatic rings. The molecule has 0 heterocycles. The third kappa shape index (κ3) is 3.43. The minimum atomic E-state index is -0.255. The van der Waals surface area contributed by atoms with Gasteiger partial charge in [-0.05, 0) is 12.5 Å². The third-order valence-corrected chi connectivity index (χ3v) is 2.68. The van der Waals surface area contributed by atoms with Gasteiger partial charge in [0.15, 0.2) is 5.78 Å². The number of ether oxygens (including phenoxy) is 1. The lowest BCUT2D eigenvalue weighted by Gasteiger charge is -2.19. The van der Waals surface area contributed by atoms with E-state index < -0.39 is 0 Å². The molecule has 2 atom stereocenters. The topological polar surface area (TPSA) is 52.3 Å². The van der Waals surface area contributed by atoms with Crippen molar-refractivity contribution in [2.24, 2.45) is 11.7 Å². The Morgan fingerprint density at radius 2 is 2.00 bits per heavy atom. The van der Waals surface area contributed by atoms with Gasteiger partial charge in [-0.15, -0.1) is 0 Å². The van der Waals surface area contributed by atoms with Gasteiger partial charge in [-0.3, -0.25) is 4.79 Å². The van der Waals surface area contributed by atoms with E-state index in [1.807, 2.05) is 44.2 Å². The maximum Gasteiger partial charge on any atom is 0.163 e. The molecule has 88 valence electrons. The maximum atomic E-state index is 11.7. The van der Waals surface area contributed by atoms with Gasteiger partial charge in [0.25, 0.3) is 0 Å². The molecule has 0 spiro atoms. The van der Waals surface area contributed by atoms with Crippen LogP contribution < -0.4 is 5.73 Å². The summed E-state index contributed by atoms with van der Waals surface area (Å²) in [5, 5.41) is 0. The Bertz CT molecular complexity index is 324. The van der Waals surface area contributed by atoms with Crippen molar-refractivity contribution in [3.05, 3.63) is 35.9 Å². The Labute approximate surface area is 96.6 Å². The second-order valence-corrected chi connectivity index (χ2v) is 3.83. The van der Waals surface area contributed by atoms with E-state index in [0.717, 1.165) is 5.56 Å². The summed E-state index contributed by atoms with van der Waals surface area (Å²) in [5.41, 5.74) is 7.02. The average molecular weight is 221 g/mol. The number of carbonyl (C=O) groups is 1. The summed E-state index contributed by atoms with van der Waals surface area (Å²) in [6.07, 6.45) is 0. The van der Waals surface area contributed by atoms with Crippen molar-refractivity contribution in [3.8, 4) is 0 Å². The molecule has 0 saturated heterocycles. The predicted octanol–water partition coefficient (Wildman–Crippen LogP) is 1.93. The molecule has 0 aliphatic heterocycles. The first kappa shape index (κ1) is 12.9. The van der Waals surface area contributed by atoms with Crippen LogP contribution in [0, 0.1) is 5.92 Å². The minimum Gasteiger partial charge on any atom is -0.374 e. The summed E-state index contributed by atoms with van der Waals surface area (Å²) in [6.45, 7) is 4.42. The molecule has 2 unspecified atom stereocenters. The second kappa shape index (κ2) is 6.40. The first-order valence-electron chi connectivity index (χ1n) is 5.57. The number of nitrogens with two attached hydrogens (primary N) is 1. The molecular formula is C13H19NO2. The van der Waals surface area contributed by atoms with Crippen molar-refractivity contribution in [3.63, 3.8) is 0 Å². The number of hydrogen-bond donors (Lipinski definition) is 1.